The summed E-state index contributed by atoms with van der Waals surface area (Å²) in [6.45, 7) is 3.19. The molecule has 4 nitrogen and oxygen atoms in total. The molecular weight excluding hydrogens is 278 g/mol. The summed E-state index contributed by atoms with van der Waals surface area (Å²) in [6.07, 6.45) is -0.530. The van der Waals surface area contributed by atoms with E-state index in [1.54, 1.807) is 12.1 Å². The molecule has 0 aliphatic carbocycles. The SMILES string of the molecule is COc1ccc(CN(C)CC(O)c2ccc(C)cc2)cc1O. The van der Waals surface area contributed by atoms with E-state index in [4.69, 9.17) is 4.74 Å². The zero-order chi connectivity index (χ0) is 16.1. The maximum atomic E-state index is 10.3. The van der Waals surface area contributed by atoms with Gasteiger partial charge < -0.3 is 14.9 Å². The van der Waals surface area contributed by atoms with Gasteiger partial charge in [0, 0.05) is 13.1 Å². The van der Waals surface area contributed by atoms with E-state index in [1.165, 1.54) is 12.7 Å². The van der Waals surface area contributed by atoms with Crippen molar-refractivity contribution in [3.63, 3.8) is 0 Å². The van der Waals surface area contributed by atoms with Gasteiger partial charge in [-0.1, -0.05) is 35.9 Å². The van der Waals surface area contributed by atoms with Gasteiger partial charge >= 0.3 is 0 Å². The third kappa shape index (κ3) is 4.23. The zero-order valence-electron chi connectivity index (χ0n) is 13.3. The van der Waals surface area contributed by atoms with E-state index in [9.17, 15) is 10.2 Å². The number of hydrogen-bond donors (Lipinski definition) is 2. The van der Waals surface area contributed by atoms with Crippen LogP contribution in [-0.4, -0.2) is 35.8 Å². The lowest BCUT2D eigenvalue weighted by Gasteiger charge is -2.21. The van der Waals surface area contributed by atoms with Crippen LogP contribution in [0.15, 0.2) is 42.5 Å². The Morgan fingerprint density at radius 2 is 1.82 bits per heavy atom. The molecule has 0 aliphatic heterocycles. The van der Waals surface area contributed by atoms with Crippen molar-refractivity contribution in [2.24, 2.45) is 0 Å². The number of aryl methyl sites for hydroxylation is 1. The van der Waals surface area contributed by atoms with Gasteiger partial charge in [0.2, 0.25) is 0 Å². The lowest BCUT2D eigenvalue weighted by molar-refractivity contribution is 0.124. The standard InChI is InChI=1S/C18H23NO3/c1-13-4-7-15(8-5-13)17(21)12-19(2)11-14-6-9-18(22-3)16(20)10-14/h4-10,17,20-21H,11-12H2,1-3H3. The maximum Gasteiger partial charge on any atom is 0.160 e. The number of phenolic OH excluding ortho intramolecular Hbond substituents is 1. The van der Waals surface area contributed by atoms with Crippen molar-refractivity contribution in [2.45, 2.75) is 19.6 Å². The van der Waals surface area contributed by atoms with Crippen LogP contribution in [0, 0.1) is 6.92 Å². The second-order valence-corrected chi connectivity index (χ2v) is 5.63. The summed E-state index contributed by atoms with van der Waals surface area (Å²) in [5.41, 5.74) is 3.06. The molecule has 1 unspecified atom stereocenters. The highest BCUT2D eigenvalue weighted by Gasteiger charge is 2.12. The van der Waals surface area contributed by atoms with Crippen molar-refractivity contribution < 1.29 is 14.9 Å². The number of aliphatic hydroxyl groups is 1. The number of rotatable bonds is 6. The summed E-state index contributed by atoms with van der Waals surface area (Å²) in [6, 6.07) is 13.2. The number of aliphatic hydroxyl groups excluding tert-OH is 1. The molecule has 0 aromatic heterocycles. The minimum Gasteiger partial charge on any atom is -0.504 e. The van der Waals surface area contributed by atoms with E-state index >= 15 is 0 Å². The summed E-state index contributed by atoms with van der Waals surface area (Å²) in [7, 11) is 3.47. The minimum absolute atomic E-state index is 0.132. The first kappa shape index (κ1) is 16.3. The average molecular weight is 301 g/mol. The predicted octanol–water partition coefficient (Wildman–Crippen LogP) is 2.87. The average Bonchev–Trinajstić information content (AvgIpc) is 2.48. The van der Waals surface area contributed by atoms with Gasteiger partial charge in [-0.05, 0) is 37.2 Å². The van der Waals surface area contributed by atoms with Crippen molar-refractivity contribution in [1.29, 1.82) is 0 Å². The molecule has 118 valence electrons. The van der Waals surface area contributed by atoms with Crippen LogP contribution < -0.4 is 4.74 Å². The van der Waals surface area contributed by atoms with E-state index in [0.29, 0.717) is 18.8 Å². The van der Waals surface area contributed by atoms with E-state index in [-0.39, 0.29) is 5.75 Å². The topological polar surface area (TPSA) is 52.9 Å². The van der Waals surface area contributed by atoms with Crippen molar-refractivity contribution >= 4 is 0 Å². The fourth-order valence-corrected chi connectivity index (χ4v) is 2.40. The first-order chi connectivity index (χ1) is 10.5. The number of hydrogen-bond acceptors (Lipinski definition) is 4. The Bertz CT molecular complexity index is 610. The van der Waals surface area contributed by atoms with E-state index in [0.717, 1.165) is 11.1 Å². The largest absolute Gasteiger partial charge is 0.504 e. The first-order valence-corrected chi connectivity index (χ1v) is 7.28. The fourth-order valence-electron chi connectivity index (χ4n) is 2.40. The first-order valence-electron chi connectivity index (χ1n) is 7.28. The summed E-state index contributed by atoms with van der Waals surface area (Å²) in [5.74, 6) is 0.596. The van der Waals surface area contributed by atoms with Crippen molar-refractivity contribution in [1.82, 2.24) is 4.90 Å². The van der Waals surface area contributed by atoms with Gasteiger partial charge in [-0.3, -0.25) is 4.90 Å². The highest BCUT2D eigenvalue weighted by molar-refractivity contribution is 5.41. The van der Waals surface area contributed by atoms with Crippen LogP contribution in [0.3, 0.4) is 0 Å². The van der Waals surface area contributed by atoms with Crippen molar-refractivity contribution in [2.75, 3.05) is 20.7 Å². The van der Waals surface area contributed by atoms with Gasteiger partial charge in [0.15, 0.2) is 11.5 Å². The molecule has 2 rings (SSSR count). The molecule has 1 atom stereocenters. The highest BCUT2D eigenvalue weighted by atomic mass is 16.5. The lowest BCUT2D eigenvalue weighted by atomic mass is 10.1. The Balaban J connectivity index is 1.96. The molecule has 4 heteroatoms. The molecule has 0 heterocycles. The van der Waals surface area contributed by atoms with Gasteiger partial charge in [0.1, 0.15) is 0 Å². The zero-order valence-corrected chi connectivity index (χ0v) is 13.3. The fraction of sp³-hybridized carbons (Fsp3) is 0.333. The number of benzene rings is 2. The Labute approximate surface area is 131 Å². The number of nitrogens with zero attached hydrogens (tertiary/aromatic N) is 1. The third-order valence-electron chi connectivity index (χ3n) is 3.64. The molecule has 0 saturated carbocycles. The molecule has 2 aromatic rings. The molecule has 2 aromatic carbocycles. The second kappa shape index (κ2) is 7.29. The molecule has 0 spiro atoms. The number of methoxy groups -OCH3 is 1. The van der Waals surface area contributed by atoms with E-state index < -0.39 is 6.10 Å². The molecule has 0 radical (unpaired) electrons. The van der Waals surface area contributed by atoms with Crippen molar-refractivity contribution in [3.8, 4) is 11.5 Å². The molecule has 22 heavy (non-hydrogen) atoms. The Hall–Kier alpha value is -2.04. The summed E-state index contributed by atoms with van der Waals surface area (Å²) in [5, 5.41) is 20.1. The second-order valence-electron chi connectivity index (χ2n) is 5.63. The monoisotopic (exact) mass is 301 g/mol. The van der Waals surface area contributed by atoms with Gasteiger partial charge in [0.25, 0.3) is 0 Å². The van der Waals surface area contributed by atoms with Crippen LogP contribution in [0.25, 0.3) is 0 Å². The van der Waals surface area contributed by atoms with Crippen LogP contribution in [-0.2, 0) is 6.54 Å². The highest BCUT2D eigenvalue weighted by Crippen LogP contribution is 2.26. The van der Waals surface area contributed by atoms with Crippen LogP contribution >= 0.6 is 0 Å². The van der Waals surface area contributed by atoms with Crippen molar-refractivity contribution in [3.05, 3.63) is 59.2 Å². The molecule has 2 N–H and O–H groups in total. The Morgan fingerprint density at radius 3 is 2.41 bits per heavy atom. The molecule has 0 amide bonds. The maximum absolute atomic E-state index is 10.3. The summed E-state index contributed by atoms with van der Waals surface area (Å²) < 4.78 is 5.03. The molecule has 0 saturated heterocycles. The van der Waals surface area contributed by atoms with Crippen LogP contribution in [0.1, 0.15) is 22.8 Å². The number of ether oxygens (including phenoxy) is 1. The van der Waals surface area contributed by atoms with Crippen LogP contribution in [0.2, 0.25) is 0 Å². The minimum atomic E-state index is -0.530. The summed E-state index contributed by atoms with van der Waals surface area (Å²) in [4.78, 5) is 2.02. The van der Waals surface area contributed by atoms with E-state index in [2.05, 4.69) is 0 Å². The smallest absolute Gasteiger partial charge is 0.160 e. The Morgan fingerprint density at radius 1 is 1.14 bits per heavy atom. The molecule has 0 fully saturated rings. The third-order valence-corrected chi connectivity index (χ3v) is 3.64. The normalized spacial score (nSPS) is 12.4. The van der Waals surface area contributed by atoms with Crippen LogP contribution in [0.4, 0.5) is 0 Å². The number of phenols is 1. The van der Waals surface area contributed by atoms with Gasteiger partial charge in [0.05, 0.1) is 13.2 Å². The Kier molecular flexibility index (Phi) is 5.41. The van der Waals surface area contributed by atoms with Gasteiger partial charge in [-0.25, -0.2) is 0 Å². The predicted molar refractivity (Wildman–Crippen MR) is 87.1 cm³/mol. The number of likely N-dealkylation sites (N-methyl/N-ethyl adjacent to an activating group) is 1. The molecule has 0 aliphatic rings. The van der Waals surface area contributed by atoms with Gasteiger partial charge in [-0.15, -0.1) is 0 Å². The molecular formula is C18H23NO3. The molecule has 0 bridgehead atoms. The van der Waals surface area contributed by atoms with Gasteiger partial charge in [-0.2, -0.15) is 0 Å². The lowest BCUT2D eigenvalue weighted by Crippen LogP contribution is -2.24. The summed E-state index contributed by atoms with van der Waals surface area (Å²) >= 11 is 0. The number of aromatic hydroxyl groups is 1. The quantitative estimate of drug-likeness (QED) is 0.861. The van der Waals surface area contributed by atoms with E-state index in [1.807, 2.05) is 49.2 Å². The van der Waals surface area contributed by atoms with Crippen LogP contribution in [0.5, 0.6) is 11.5 Å².